The van der Waals surface area contributed by atoms with Gasteiger partial charge in [-0.1, -0.05) is 6.07 Å². The van der Waals surface area contributed by atoms with Crippen LogP contribution in [0.3, 0.4) is 0 Å². The zero-order valence-electron chi connectivity index (χ0n) is 10.8. The van der Waals surface area contributed by atoms with E-state index in [1.165, 1.54) is 13.2 Å². The number of aromatic nitrogens is 1. The van der Waals surface area contributed by atoms with Crippen LogP contribution in [0, 0.1) is 0 Å². The molecule has 3 N–H and O–H groups in total. The summed E-state index contributed by atoms with van der Waals surface area (Å²) in [5, 5.41) is 15.6. The normalized spacial score (nSPS) is 16.9. The zero-order chi connectivity index (χ0) is 14.1. The fraction of sp³-hybridized carbons (Fsp3) is 0.143. The van der Waals surface area contributed by atoms with Crippen molar-refractivity contribution in [3.8, 4) is 11.5 Å². The van der Waals surface area contributed by atoms with Crippen LogP contribution in [0.1, 0.15) is 22.1 Å². The Morgan fingerprint density at radius 2 is 2.15 bits per heavy atom. The number of nitrogens with one attached hydrogen (secondary N) is 2. The molecular formula is C14H13N3O3. The van der Waals surface area contributed by atoms with Crippen LogP contribution in [-0.4, -0.2) is 23.1 Å². The number of hydrogen-bond donors (Lipinski definition) is 3. The summed E-state index contributed by atoms with van der Waals surface area (Å²) in [6.45, 7) is 0. The fourth-order valence-corrected chi connectivity index (χ4v) is 2.13. The van der Waals surface area contributed by atoms with Gasteiger partial charge in [0.05, 0.1) is 12.7 Å². The van der Waals surface area contributed by atoms with Crippen LogP contribution in [0.4, 0.5) is 5.82 Å². The monoisotopic (exact) mass is 271 g/mol. The third-order valence-electron chi connectivity index (χ3n) is 3.15. The van der Waals surface area contributed by atoms with E-state index in [1.54, 1.807) is 30.5 Å². The molecule has 2 heterocycles. The van der Waals surface area contributed by atoms with Crippen LogP contribution >= 0.6 is 0 Å². The number of phenolic OH excluding ortho intramolecular Hbond substituents is 1. The molecule has 0 fully saturated rings. The van der Waals surface area contributed by atoms with Gasteiger partial charge in [-0.3, -0.25) is 4.79 Å². The van der Waals surface area contributed by atoms with Crippen molar-refractivity contribution in [3.05, 3.63) is 47.7 Å². The lowest BCUT2D eigenvalue weighted by molar-refractivity contribution is 0.0935. The molecule has 6 nitrogen and oxygen atoms in total. The van der Waals surface area contributed by atoms with Gasteiger partial charge in [-0.15, -0.1) is 0 Å². The number of ether oxygens (including phenoxy) is 1. The third kappa shape index (κ3) is 2.01. The largest absolute Gasteiger partial charge is 0.504 e. The Balaban J connectivity index is 1.95. The van der Waals surface area contributed by atoms with Gasteiger partial charge in [0.15, 0.2) is 11.5 Å². The number of aromatic hydroxyl groups is 1. The molecule has 0 radical (unpaired) electrons. The summed E-state index contributed by atoms with van der Waals surface area (Å²) in [7, 11) is 1.47. The van der Waals surface area contributed by atoms with E-state index in [1.807, 2.05) is 0 Å². The van der Waals surface area contributed by atoms with Gasteiger partial charge in [-0.2, -0.15) is 0 Å². The lowest BCUT2D eigenvalue weighted by Crippen LogP contribution is -2.38. The van der Waals surface area contributed by atoms with E-state index in [4.69, 9.17) is 4.74 Å². The van der Waals surface area contributed by atoms with Crippen LogP contribution in [0.5, 0.6) is 11.5 Å². The van der Waals surface area contributed by atoms with Gasteiger partial charge >= 0.3 is 0 Å². The number of anilines is 1. The highest BCUT2D eigenvalue weighted by Crippen LogP contribution is 2.31. The average molecular weight is 271 g/mol. The van der Waals surface area contributed by atoms with Crippen LogP contribution in [0.15, 0.2) is 36.5 Å². The average Bonchev–Trinajstić information content (AvgIpc) is 2.47. The van der Waals surface area contributed by atoms with Crippen molar-refractivity contribution in [2.24, 2.45) is 0 Å². The summed E-state index contributed by atoms with van der Waals surface area (Å²) in [4.78, 5) is 16.2. The molecule has 0 unspecified atom stereocenters. The van der Waals surface area contributed by atoms with Crippen molar-refractivity contribution in [1.82, 2.24) is 10.3 Å². The molecule has 1 atom stereocenters. The number of benzene rings is 1. The van der Waals surface area contributed by atoms with Gasteiger partial charge in [-0.05, 0) is 29.8 Å². The second-order valence-electron chi connectivity index (χ2n) is 4.38. The molecule has 20 heavy (non-hydrogen) atoms. The number of pyridine rings is 1. The summed E-state index contributed by atoms with van der Waals surface area (Å²) < 4.78 is 5.07. The molecule has 6 heteroatoms. The van der Waals surface area contributed by atoms with Crippen LogP contribution in [-0.2, 0) is 0 Å². The molecule has 3 rings (SSSR count). The molecule has 102 valence electrons. The Hall–Kier alpha value is -2.76. The van der Waals surface area contributed by atoms with Gasteiger partial charge in [0, 0.05) is 6.20 Å². The highest BCUT2D eigenvalue weighted by Gasteiger charge is 2.25. The number of amides is 1. The smallest absolute Gasteiger partial charge is 0.256 e. The molecule has 1 aromatic heterocycles. The van der Waals surface area contributed by atoms with Crippen LogP contribution in [0.25, 0.3) is 0 Å². The molecule has 1 aliphatic heterocycles. The molecule has 0 bridgehead atoms. The summed E-state index contributed by atoms with van der Waals surface area (Å²) in [6.07, 6.45) is 1.21. The number of carbonyl (C=O) groups is 1. The number of methoxy groups -OCH3 is 1. The maximum atomic E-state index is 12.0. The van der Waals surface area contributed by atoms with Crippen molar-refractivity contribution in [3.63, 3.8) is 0 Å². The Bertz CT molecular complexity index is 672. The second kappa shape index (κ2) is 4.73. The zero-order valence-corrected chi connectivity index (χ0v) is 10.8. The maximum absolute atomic E-state index is 12.0. The van der Waals surface area contributed by atoms with E-state index < -0.39 is 6.17 Å². The highest BCUT2D eigenvalue weighted by atomic mass is 16.5. The molecule has 0 aliphatic carbocycles. The minimum Gasteiger partial charge on any atom is -0.504 e. The molecule has 2 aromatic rings. The molecule has 0 saturated carbocycles. The summed E-state index contributed by atoms with van der Waals surface area (Å²) in [6, 6.07) is 8.32. The van der Waals surface area contributed by atoms with E-state index in [2.05, 4.69) is 15.6 Å². The van der Waals surface area contributed by atoms with Gasteiger partial charge in [0.2, 0.25) is 0 Å². The first-order valence-electron chi connectivity index (χ1n) is 6.08. The Morgan fingerprint density at radius 1 is 1.30 bits per heavy atom. The number of nitrogens with zero attached hydrogens (tertiary/aromatic N) is 1. The number of rotatable bonds is 2. The van der Waals surface area contributed by atoms with Crippen molar-refractivity contribution in [2.75, 3.05) is 12.4 Å². The number of phenols is 1. The second-order valence-corrected chi connectivity index (χ2v) is 4.38. The predicted octanol–water partition coefficient (Wildman–Crippen LogP) is 1.65. The standard InChI is InChI=1S/C14H13N3O3/c1-20-11-7-8(4-5-10(11)18)12-16-13-9(14(19)17-12)3-2-6-15-13/h2-7,12,18H,1H3,(H,15,16)(H,17,19)/t12-/m0/s1. The van der Waals surface area contributed by atoms with E-state index in [9.17, 15) is 9.90 Å². The topological polar surface area (TPSA) is 83.5 Å². The Kier molecular flexibility index (Phi) is 2.90. The van der Waals surface area contributed by atoms with Gasteiger partial charge in [0.1, 0.15) is 12.0 Å². The van der Waals surface area contributed by atoms with E-state index in [0.717, 1.165) is 5.56 Å². The summed E-state index contributed by atoms with van der Waals surface area (Å²) in [5.41, 5.74) is 1.28. The van der Waals surface area contributed by atoms with Crippen LogP contribution in [0.2, 0.25) is 0 Å². The quantitative estimate of drug-likeness (QED) is 0.773. The minimum absolute atomic E-state index is 0.0527. The van der Waals surface area contributed by atoms with Gasteiger partial charge < -0.3 is 20.5 Å². The predicted molar refractivity (Wildman–Crippen MR) is 72.7 cm³/mol. The first-order chi connectivity index (χ1) is 9.69. The summed E-state index contributed by atoms with van der Waals surface area (Å²) in [5.74, 6) is 0.750. The first-order valence-corrected chi connectivity index (χ1v) is 6.08. The van der Waals surface area contributed by atoms with Crippen molar-refractivity contribution >= 4 is 11.7 Å². The fourth-order valence-electron chi connectivity index (χ4n) is 2.13. The first kappa shape index (κ1) is 12.3. The minimum atomic E-state index is -0.417. The van der Waals surface area contributed by atoms with Crippen molar-refractivity contribution < 1.29 is 14.6 Å². The van der Waals surface area contributed by atoms with E-state index in [-0.39, 0.29) is 11.7 Å². The number of fused-ring (bicyclic) bond motifs is 1. The molecule has 0 saturated heterocycles. The van der Waals surface area contributed by atoms with Crippen LogP contribution < -0.4 is 15.4 Å². The van der Waals surface area contributed by atoms with Gasteiger partial charge in [-0.25, -0.2) is 4.98 Å². The molecular weight excluding hydrogens is 258 g/mol. The SMILES string of the molecule is COc1cc([C@@H]2NC(=O)c3cccnc3N2)ccc1O. The van der Waals surface area contributed by atoms with E-state index in [0.29, 0.717) is 17.1 Å². The third-order valence-corrected chi connectivity index (χ3v) is 3.15. The maximum Gasteiger partial charge on any atom is 0.256 e. The van der Waals surface area contributed by atoms with Gasteiger partial charge in [0.25, 0.3) is 5.91 Å². The molecule has 1 aromatic carbocycles. The highest BCUT2D eigenvalue weighted by molar-refractivity contribution is 6.00. The lowest BCUT2D eigenvalue weighted by Gasteiger charge is -2.27. The van der Waals surface area contributed by atoms with Crippen molar-refractivity contribution in [1.29, 1.82) is 0 Å². The lowest BCUT2D eigenvalue weighted by atomic mass is 10.1. The molecule has 1 amide bonds. The van der Waals surface area contributed by atoms with E-state index >= 15 is 0 Å². The Labute approximate surface area is 115 Å². The van der Waals surface area contributed by atoms with Crippen molar-refractivity contribution in [2.45, 2.75) is 6.17 Å². The number of carbonyl (C=O) groups excluding carboxylic acids is 1. The number of hydrogen-bond acceptors (Lipinski definition) is 5. The summed E-state index contributed by atoms with van der Waals surface area (Å²) >= 11 is 0. The molecule has 1 aliphatic rings. The molecule has 0 spiro atoms. The Morgan fingerprint density at radius 3 is 2.95 bits per heavy atom.